The van der Waals surface area contributed by atoms with E-state index < -0.39 is 14.9 Å². The van der Waals surface area contributed by atoms with Crippen LogP contribution in [0.5, 0.6) is 0 Å². The molecule has 0 N–H and O–H groups in total. The summed E-state index contributed by atoms with van der Waals surface area (Å²) in [5.41, 5.74) is 1.54. The molecule has 108 valence electrons. The molecule has 0 atom stereocenters. The Labute approximate surface area is 121 Å². The Bertz CT molecular complexity index is 800. The predicted octanol–water partition coefficient (Wildman–Crippen LogP) is 2.35. The van der Waals surface area contributed by atoms with E-state index in [0.29, 0.717) is 18.7 Å². The van der Waals surface area contributed by atoms with E-state index in [2.05, 4.69) is 0 Å². The maximum atomic E-state index is 12.6. The zero-order valence-electron chi connectivity index (χ0n) is 11.0. The number of hydrogen-bond donors (Lipinski definition) is 0. The zero-order chi connectivity index (χ0) is 15.0. The lowest BCUT2D eigenvalue weighted by Gasteiger charge is -2.19. The lowest BCUT2D eigenvalue weighted by molar-refractivity contribution is -0.384. The smallest absolute Gasteiger partial charge is 0.266 e. The third kappa shape index (κ3) is 2.25. The van der Waals surface area contributed by atoms with Crippen LogP contribution in [0.2, 0.25) is 0 Å². The first-order chi connectivity index (χ1) is 10.00. The van der Waals surface area contributed by atoms with Crippen LogP contribution in [0.4, 0.5) is 11.4 Å². The molecule has 0 fully saturated rings. The summed E-state index contributed by atoms with van der Waals surface area (Å²) in [6.07, 6.45) is 0.669. The van der Waals surface area contributed by atoms with Crippen LogP contribution in [-0.2, 0) is 16.4 Å². The van der Waals surface area contributed by atoms with E-state index >= 15 is 0 Å². The summed E-state index contributed by atoms with van der Waals surface area (Å²) in [5, 5.41) is 10.6. The number of para-hydroxylation sites is 1. The normalized spacial score (nSPS) is 14.0. The van der Waals surface area contributed by atoms with Crippen molar-refractivity contribution in [2.45, 2.75) is 11.3 Å². The highest BCUT2D eigenvalue weighted by molar-refractivity contribution is 7.92. The number of fused-ring (bicyclic) bond motifs is 1. The van der Waals surface area contributed by atoms with Crippen molar-refractivity contribution in [2.24, 2.45) is 0 Å². The molecule has 1 aliphatic heterocycles. The van der Waals surface area contributed by atoms with Crippen molar-refractivity contribution in [1.82, 2.24) is 0 Å². The molecule has 1 aliphatic rings. The summed E-state index contributed by atoms with van der Waals surface area (Å²) in [6, 6.07) is 12.3. The van der Waals surface area contributed by atoms with E-state index in [4.69, 9.17) is 0 Å². The molecule has 0 saturated carbocycles. The highest BCUT2D eigenvalue weighted by Crippen LogP contribution is 2.32. The van der Waals surface area contributed by atoms with Crippen LogP contribution in [-0.4, -0.2) is 19.9 Å². The van der Waals surface area contributed by atoms with Gasteiger partial charge >= 0.3 is 0 Å². The molecule has 0 saturated heterocycles. The van der Waals surface area contributed by atoms with Crippen LogP contribution >= 0.6 is 0 Å². The van der Waals surface area contributed by atoms with Gasteiger partial charge in [-0.05, 0) is 30.2 Å². The van der Waals surface area contributed by atoms with Crippen molar-refractivity contribution in [2.75, 3.05) is 10.8 Å². The van der Waals surface area contributed by atoms with Gasteiger partial charge in [-0.3, -0.25) is 14.4 Å². The molecule has 3 rings (SSSR count). The first-order valence-electron chi connectivity index (χ1n) is 6.35. The zero-order valence-corrected chi connectivity index (χ0v) is 11.8. The average Bonchev–Trinajstić information content (AvgIpc) is 2.92. The first-order valence-corrected chi connectivity index (χ1v) is 7.79. The summed E-state index contributed by atoms with van der Waals surface area (Å²) < 4.78 is 26.6. The monoisotopic (exact) mass is 304 g/mol. The Balaban J connectivity index is 2.00. The van der Waals surface area contributed by atoms with Crippen molar-refractivity contribution in [3.05, 3.63) is 64.2 Å². The molecule has 2 aromatic rings. The standard InChI is InChI=1S/C14H12N2O4S/c17-16(18)12-5-7-13(8-6-12)21(19,20)15-10-9-11-3-1-2-4-14(11)15/h1-8H,9-10H2. The van der Waals surface area contributed by atoms with E-state index in [-0.39, 0.29) is 10.6 Å². The predicted molar refractivity (Wildman–Crippen MR) is 77.8 cm³/mol. The number of nitrogens with zero attached hydrogens (tertiary/aromatic N) is 2. The van der Waals surface area contributed by atoms with Gasteiger partial charge in [0, 0.05) is 18.7 Å². The molecule has 0 unspecified atom stereocenters. The van der Waals surface area contributed by atoms with Crippen molar-refractivity contribution < 1.29 is 13.3 Å². The fraction of sp³-hybridized carbons (Fsp3) is 0.143. The second-order valence-electron chi connectivity index (χ2n) is 4.71. The Morgan fingerprint density at radius 1 is 1.05 bits per heavy atom. The highest BCUT2D eigenvalue weighted by atomic mass is 32.2. The minimum atomic E-state index is -3.68. The molecule has 2 aromatic carbocycles. The van der Waals surface area contributed by atoms with Crippen molar-refractivity contribution in [3.8, 4) is 0 Å². The third-order valence-corrected chi connectivity index (χ3v) is 5.31. The number of nitro groups is 1. The van der Waals surface area contributed by atoms with Gasteiger partial charge < -0.3 is 0 Å². The number of nitro benzene ring substituents is 1. The molecule has 21 heavy (non-hydrogen) atoms. The second kappa shape index (κ2) is 4.85. The molecular formula is C14H12N2O4S. The van der Waals surface area contributed by atoms with Gasteiger partial charge in [0.15, 0.2) is 0 Å². The Kier molecular flexibility index (Phi) is 3.13. The lowest BCUT2D eigenvalue weighted by Crippen LogP contribution is -2.29. The van der Waals surface area contributed by atoms with Crippen molar-refractivity contribution >= 4 is 21.4 Å². The molecule has 0 spiro atoms. The van der Waals surface area contributed by atoms with Gasteiger partial charge in [0.2, 0.25) is 0 Å². The molecule has 6 nitrogen and oxygen atoms in total. The van der Waals surface area contributed by atoms with Crippen LogP contribution < -0.4 is 4.31 Å². The third-order valence-electron chi connectivity index (χ3n) is 3.48. The minimum absolute atomic E-state index is 0.0600. The van der Waals surface area contributed by atoms with Gasteiger partial charge in [0.1, 0.15) is 0 Å². The minimum Gasteiger partial charge on any atom is -0.266 e. The fourth-order valence-electron chi connectivity index (χ4n) is 2.42. The van der Waals surface area contributed by atoms with Crippen LogP contribution in [0.25, 0.3) is 0 Å². The number of hydrogen-bond acceptors (Lipinski definition) is 4. The van der Waals surface area contributed by atoms with E-state index in [1.807, 2.05) is 12.1 Å². The van der Waals surface area contributed by atoms with Crippen LogP contribution in [0.15, 0.2) is 53.4 Å². The van der Waals surface area contributed by atoms with Crippen molar-refractivity contribution in [3.63, 3.8) is 0 Å². The molecule has 7 heteroatoms. The van der Waals surface area contributed by atoms with Gasteiger partial charge in [-0.1, -0.05) is 18.2 Å². The Morgan fingerprint density at radius 2 is 1.71 bits per heavy atom. The summed E-state index contributed by atoms with van der Waals surface area (Å²) in [4.78, 5) is 10.1. The average molecular weight is 304 g/mol. The maximum Gasteiger partial charge on any atom is 0.269 e. The molecule has 0 radical (unpaired) electrons. The second-order valence-corrected chi connectivity index (χ2v) is 6.57. The number of sulfonamides is 1. The van der Waals surface area contributed by atoms with Gasteiger partial charge in [-0.2, -0.15) is 0 Å². The number of benzene rings is 2. The number of rotatable bonds is 3. The SMILES string of the molecule is O=[N+]([O-])c1ccc(S(=O)(=O)N2CCc3ccccc32)cc1. The Hall–Kier alpha value is -2.41. The summed E-state index contributed by atoms with van der Waals surface area (Å²) in [6.45, 7) is 0.388. The van der Waals surface area contributed by atoms with Crippen LogP contribution in [0.1, 0.15) is 5.56 Å². The largest absolute Gasteiger partial charge is 0.269 e. The van der Waals surface area contributed by atoms with E-state index in [9.17, 15) is 18.5 Å². The first kappa shape index (κ1) is 13.6. The quantitative estimate of drug-likeness (QED) is 0.644. The topological polar surface area (TPSA) is 80.5 Å². The van der Waals surface area contributed by atoms with Crippen LogP contribution in [0.3, 0.4) is 0 Å². The number of anilines is 1. The van der Waals surface area contributed by atoms with Gasteiger partial charge in [-0.15, -0.1) is 0 Å². The van der Waals surface area contributed by atoms with E-state index in [0.717, 1.165) is 5.56 Å². The molecule has 0 aromatic heterocycles. The lowest BCUT2D eigenvalue weighted by atomic mass is 10.2. The highest BCUT2D eigenvalue weighted by Gasteiger charge is 2.30. The maximum absolute atomic E-state index is 12.6. The molecule has 0 amide bonds. The summed E-state index contributed by atoms with van der Waals surface area (Å²) >= 11 is 0. The summed E-state index contributed by atoms with van der Waals surface area (Å²) in [7, 11) is -3.68. The fourth-order valence-corrected chi connectivity index (χ4v) is 3.93. The molecular weight excluding hydrogens is 292 g/mol. The molecule has 0 bridgehead atoms. The van der Waals surface area contributed by atoms with Gasteiger partial charge in [0.25, 0.3) is 15.7 Å². The van der Waals surface area contributed by atoms with Crippen LogP contribution in [0, 0.1) is 10.1 Å². The van der Waals surface area contributed by atoms with Crippen molar-refractivity contribution in [1.29, 1.82) is 0 Å². The molecule has 1 heterocycles. The van der Waals surface area contributed by atoms with Gasteiger partial charge in [-0.25, -0.2) is 8.42 Å². The Morgan fingerprint density at radius 3 is 2.38 bits per heavy atom. The summed E-state index contributed by atoms with van der Waals surface area (Å²) in [5.74, 6) is 0. The van der Waals surface area contributed by atoms with Gasteiger partial charge in [0.05, 0.1) is 15.5 Å². The van der Waals surface area contributed by atoms with E-state index in [1.165, 1.54) is 28.6 Å². The number of non-ortho nitro benzene ring substituents is 1. The molecule has 0 aliphatic carbocycles. The van der Waals surface area contributed by atoms with E-state index in [1.54, 1.807) is 12.1 Å².